The number of benzene rings is 2. The van der Waals surface area contributed by atoms with E-state index >= 15 is 0 Å². The number of ether oxygens (including phenoxy) is 3. The van der Waals surface area contributed by atoms with Crippen molar-refractivity contribution in [3.8, 4) is 11.5 Å². The summed E-state index contributed by atoms with van der Waals surface area (Å²) >= 11 is 0. The van der Waals surface area contributed by atoms with Crippen molar-refractivity contribution < 1.29 is 28.6 Å². The Kier molecular flexibility index (Phi) is 8.27. The molecule has 0 saturated carbocycles. The molecule has 0 bridgehead atoms. The second-order valence-electron chi connectivity index (χ2n) is 12.2. The fourth-order valence-electron chi connectivity index (χ4n) is 6.18. The fraction of sp³-hybridized carbons (Fsp3) is 0.500. The number of methoxy groups -OCH3 is 2. The summed E-state index contributed by atoms with van der Waals surface area (Å²) in [6.45, 7) is 6.68. The Morgan fingerprint density at radius 1 is 0.930 bits per heavy atom. The third kappa shape index (κ3) is 5.85. The SMILES string of the molecule is COc1ccc(CN2C(=O)CCC(n3c(=O)n(C)c4c(C5CCN(C(=O)OC(C)(C)C)CC5)c(OC)ccc43)C2=O)cc1. The zero-order valence-electron chi connectivity index (χ0n) is 25.7. The number of aryl methyl sites for hydroxylation is 1. The lowest BCUT2D eigenvalue weighted by Gasteiger charge is -2.34. The van der Waals surface area contributed by atoms with Crippen molar-refractivity contribution >= 4 is 28.9 Å². The van der Waals surface area contributed by atoms with Crippen molar-refractivity contribution in [2.24, 2.45) is 7.05 Å². The summed E-state index contributed by atoms with van der Waals surface area (Å²) in [4.78, 5) is 56.1. The highest BCUT2D eigenvalue weighted by molar-refractivity contribution is 6.00. The summed E-state index contributed by atoms with van der Waals surface area (Å²) in [5, 5.41) is 0. The molecule has 3 aromatic rings. The number of hydrogen-bond donors (Lipinski definition) is 0. The first kappa shape index (κ1) is 30.2. The minimum Gasteiger partial charge on any atom is -0.497 e. The van der Waals surface area contributed by atoms with Crippen molar-refractivity contribution in [1.82, 2.24) is 18.9 Å². The highest BCUT2D eigenvalue weighted by Crippen LogP contribution is 2.40. The van der Waals surface area contributed by atoms with Crippen LogP contribution in [-0.4, -0.2) is 69.8 Å². The number of carbonyl (C=O) groups is 3. The summed E-state index contributed by atoms with van der Waals surface area (Å²) in [6.07, 6.45) is 1.40. The molecule has 0 radical (unpaired) electrons. The average Bonchev–Trinajstić information content (AvgIpc) is 3.23. The predicted octanol–water partition coefficient (Wildman–Crippen LogP) is 4.36. The zero-order valence-corrected chi connectivity index (χ0v) is 25.7. The second-order valence-corrected chi connectivity index (χ2v) is 12.2. The van der Waals surface area contributed by atoms with Crippen LogP contribution in [-0.2, 0) is 27.9 Å². The molecule has 2 aromatic carbocycles. The lowest BCUT2D eigenvalue weighted by Crippen LogP contribution is -2.47. The number of imidazole rings is 1. The molecule has 1 aromatic heterocycles. The van der Waals surface area contributed by atoms with Crippen molar-refractivity contribution in [3.63, 3.8) is 0 Å². The van der Waals surface area contributed by atoms with Crippen LogP contribution in [0.5, 0.6) is 11.5 Å². The molecule has 3 amide bonds. The number of fused-ring (bicyclic) bond motifs is 1. The largest absolute Gasteiger partial charge is 0.497 e. The Hall–Kier alpha value is -4.28. The van der Waals surface area contributed by atoms with Gasteiger partial charge in [-0.1, -0.05) is 12.1 Å². The topological polar surface area (TPSA) is 112 Å². The van der Waals surface area contributed by atoms with Gasteiger partial charge >= 0.3 is 11.8 Å². The number of carbonyl (C=O) groups excluding carboxylic acids is 3. The average molecular weight is 593 g/mol. The molecule has 0 N–H and O–H groups in total. The van der Waals surface area contributed by atoms with Crippen LogP contribution in [0.15, 0.2) is 41.2 Å². The van der Waals surface area contributed by atoms with E-state index in [2.05, 4.69) is 0 Å². The van der Waals surface area contributed by atoms with Gasteiger partial charge in [-0.2, -0.15) is 0 Å². The van der Waals surface area contributed by atoms with E-state index in [0.29, 0.717) is 48.5 Å². The van der Waals surface area contributed by atoms with Crippen LogP contribution in [0.25, 0.3) is 11.0 Å². The standard InChI is InChI=1S/C32H40N4O7/c1-32(2,3)43-31(40)34-17-15-21(16-18-34)27-25(42-6)13-11-23-28(27)33(4)30(39)36(23)24-12-14-26(37)35(29(24)38)19-20-7-9-22(41-5)10-8-20/h7-11,13,21,24H,12,14-19H2,1-6H3. The maximum absolute atomic E-state index is 13.8. The molecule has 43 heavy (non-hydrogen) atoms. The molecule has 2 fully saturated rings. The van der Waals surface area contributed by atoms with Gasteiger partial charge in [0.05, 0.1) is 31.8 Å². The van der Waals surface area contributed by atoms with Gasteiger partial charge in [0.1, 0.15) is 23.1 Å². The molecule has 230 valence electrons. The summed E-state index contributed by atoms with van der Waals surface area (Å²) in [5.41, 5.74) is 2.10. The zero-order chi connectivity index (χ0) is 31.1. The minimum absolute atomic E-state index is 0.0222. The molecule has 1 atom stereocenters. The van der Waals surface area contributed by atoms with Crippen molar-refractivity contribution in [2.75, 3.05) is 27.3 Å². The number of aromatic nitrogens is 2. The maximum atomic E-state index is 13.8. The van der Waals surface area contributed by atoms with Crippen LogP contribution in [0.4, 0.5) is 4.79 Å². The van der Waals surface area contributed by atoms with Crippen LogP contribution in [0.3, 0.4) is 0 Å². The molecule has 11 nitrogen and oxygen atoms in total. The number of likely N-dealkylation sites (tertiary alicyclic amines) is 2. The van der Waals surface area contributed by atoms with Crippen molar-refractivity contribution in [2.45, 2.75) is 70.6 Å². The van der Waals surface area contributed by atoms with Crippen molar-refractivity contribution in [1.29, 1.82) is 0 Å². The Labute approximate surface area is 250 Å². The van der Waals surface area contributed by atoms with Gasteiger partial charge in [-0.25, -0.2) is 9.59 Å². The van der Waals surface area contributed by atoms with Crippen LogP contribution in [0.1, 0.15) is 69.5 Å². The number of rotatable bonds is 6. The van der Waals surface area contributed by atoms with Gasteiger partial charge in [0.2, 0.25) is 5.91 Å². The van der Waals surface area contributed by atoms with E-state index in [9.17, 15) is 19.2 Å². The fourth-order valence-corrected chi connectivity index (χ4v) is 6.18. The molecule has 2 aliphatic rings. The lowest BCUT2D eigenvalue weighted by molar-refractivity contribution is -0.151. The van der Waals surface area contributed by atoms with Gasteiger partial charge in [-0.3, -0.25) is 23.6 Å². The van der Waals surface area contributed by atoms with E-state index in [4.69, 9.17) is 14.2 Å². The van der Waals surface area contributed by atoms with E-state index in [0.717, 1.165) is 11.1 Å². The van der Waals surface area contributed by atoms with E-state index < -0.39 is 17.6 Å². The number of piperidine rings is 2. The molecule has 2 aliphatic heterocycles. The Bertz CT molecular complexity index is 1590. The van der Waals surface area contributed by atoms with Crippen LogP contribution >= 0.6 is 0 Å². The molecule has 1 unspecified atom stereocenters. The highest BCUT2D eigenvalue weighted by atomic mass is 16.6. The maximum Gasteiger partial charge on any atom is 0.410 e. The molecule has 5 rings (SSSR count). The summed E-state index contributed by atoms with van der Waals surface area (Å²) in [5.74, 6) is 0.701. The molecule has 3 heterocycles. The van der Waals surface area contributed by atoms with Crippen LogP contribution in [0, 0.1) is 0 Å². The molecule has 11 heteroatoms. The molecular formula is C32H40N4O7. The van der Waals surface area contributed by atoms with Gasteiger partial charge in [-0.05, 0) is 75.8 Å². The quantitative estimate of drug-likeness (QED) is 0.391. The number of hydrogen-bond acceptors (Lipinski definition) is 7. The smallest absolute Gasteiger partial charge is 0.410 e. The summed E-state index contributed by atoms with van der Waals surface area (Å²) in [6, 6.07) is 10.0. The molecule has 0 spiro atoms. The number of imide groups is 1. The monoisotopic (exact) mass is 592 g/mol. The normalized spacial score (nSPS) is 18.3. The minimum atomic E-state index is -0.817. The third-order valence-corrected chi connectivity index (χ3v) is 8.31. The molecular weight excluding hydrogens is 552 g/mol. The van der Waals surface area contributed by atoms with E-state index in [1.54, 1.807) is 42.9 Å². The lowest BCUT2D eigenvalue weighted by atomic mass is 9.87. The first-order valence-electron chi connectivity index (χ1n) is 14.7. The van der Waals surface area contributed by atoms with Gasteiger partial charge < -0.3 is 19.1 Å². The van der Waals surface area contributed by atoms with E-state index in [1.807, 2.05) is 45.0 Å². The van der Waals surface area contributed by atoms with E-state index in [1.165, 1.54) is 9.47 Å². The Morgan fingerprint density at radius 3 is 2.21 bits per heavy atom. The van der Waals surface area contributed by atoms with Crippen LogP contribution in [0.2, 0.25) is 0 Å². The van der Waals surface area contributed by atoms with Gasteiger partial charge in [0.15, 0.2) is 0 Å². The summed E-state index contributed by atoms with van der Waals surface area (Å²) in [7, 11) is 4.88. The number of nitrogens with zero attached hydrogens (tertiary/aromatic N) is 4. The Morgan fingerprint density at radius 2 is 1.60 bits per heavy atom. The molecule has 0 aliphatic carbocycles. The van der Waals surface area contributed by atoms with E-state index in [-0.39, 0.29) is 43.0 Å². The van der Waals surface area contributed by atoms with Gasteiger partial charge in [0, 0.05) is 32.1 Å². The summed E-state index contributed by atoms with van der Waals surface area (Å²) < 4.78 is 19.7. The van der Waals surface area contributed by atoms with Gasteiger partial charge in [0.25, 0.3) is 5.91 Å². The second kappa shape index (κ2) is 11.8. The first-order chi connectivity index (χ1) is 20.4. The Balaban J connectivity index is 1.46. The first-order valence-corrected chi connectivity index (χ1v) is 14.7. The molecule has 2 saturated heterocycles. The van der Waals surface area contributed by atoms with Crippen molar-refractivity contribution in [3.05, 3.63) is 58.0 Å². The highest BCUT2D eigenvalue weighted by Gasteiger charge is 2.38. The van der Waals surface area contributed by atoms with Crippen LogP contribution < -0.4 is 15.2 Å². The predicted molar refractivity (Wildman–Crippen MR) is 160 cm³/mol. The number of amides is 3. The van der Waals surface area contributed by atoms with Gasteiger partial charge in [-0.15, -0.1) is 0 Å². The third-order valence-electron chi connectivity index (χ3n) is 8.31.